The number of thioether (sulfide) groups is 1. The van der Waals surface area contributed by atoms with Crippen LogP contribution in [-0.4, -0.2) is 33.4 Å². The third-order valence-electron chi connectivity index (χ3n) is 3.56. The van der Waals surface area contributed by atoms with Gasteiger partial charge in [-0.3, -0.25) is 9.59 Å². The monoisotopic (exact) mass is 421 g/mol. The summed E-state index contributed by atoms with van der Waals surface area (Å²) in [5, 5.41) is 10.4. The number of nitrogens with one attached hydrogen (secondary N) is 1. The predicted octanol–water partition coefficient (Wildman–Crippen LogP) is 4.01. The maximum Gasteiger partial charge on any atom is 0.235 e. The van der Waals surface area contributed by atoms with E-state index in [0.717, 1.165) is 9.75 Å². The number of hydrogen-bond donors (Lipinski definition) is 1. The summed E-state index contributed by atoms with van der Waals surface area (Å²) in [7, 11) is 0. The first-order valence-corrected chi connectivity index (χ1v) is 11.1. The number of thiophene rings is 2. The van der Waals surface area contributed by atoms with E-state index >= 15 is 0 Å². The smallest absolute Gasteiger partial charge is 0.235 e. The Bertz CT molecular complexity index is 823. The first-order chi connectivity index (χ1) is 13.1. The zero-order chi connectivity index (χ0) is 19.1. The van der Waals surface area contributed by atoms with Gasteiger partial charge >= 0.3 is 0 Å². The van der Waals surface area contributed by atoms with Crippen LogP contribution >= 0.6 is 34.4 Å². The number of hydrogen-bond acceptors (Lipinski definition) is 7. The van der Waals surface area contributed by atoms with Crippen LogP contribution < -0.4 is 5.32 Å². The van der Waals surface area contributed by atoms with Gasteiger partial charge in [0.1, 0.15) is 5.76 Å². The normalized spacial score (nSPS) is 10.7. The van der Waals surface area contributed by atoms with E-state index in [1.165, 1.54) is 11.8 Å². The summed E-state index contributed by atoms with van der Waals surface area (Å²) >= 11 is 4.57. The second-order valence-corrected chi connectivity index (χ2v) is 8.82. The number of carbonyl (C=O) groups excluding carboxylic acids is 2. The van der Waals surface area contributed by atoms with E-state index in [1.807, 2.05) is 39.9 Å². The SMILES string of the molecule is Cc1cc(NC(=O)CSCC(=O)N(Cc2cccs2)Cc2cccs2)no1. The fourth-order valence-corrected chi connectivity index (χ4v) is 4.50. The first kappa shape index (κ1) is 19.7. The predicted molar refractivity (Wildman–Crippen MR) is 110 cm³/mol. The molecule has 3 aromatic heterocycles. The van der Waals surface area contributed by atoms with Gasteiger partial charge in [0, 0.05) is 15.8 Å². The van der Waals surface area contributed by atoms with Crippen molar-refractivity contribution in [1.82, 2.24) is 10.1 Å². The summed E-state index contributed by atoms with van der Waals surface area (Å²) in [6, 6.07) is 9.67. The topological polar surface area (TPSA) is 75.4 Å². The van der Waals surface area contributed by atoms with Crippen LogP contribution in [0.1, 0.15) is 15.5 Å². The molecule has 3 rings (SSSR count). The van der Waals surface area contributed by atoms with Gasteiger partial charge in [-0.05, 0) is 29.8 Å². The molecule has 0 unspecified atom stereocenters. The molecule has 0 atom stereocenters. The van der Waals surface area contributed by atoms with E-state index in [4.69, 9.17) is 4.52 Å². The van der Waals surface area contributed by atoms with Gasteiger partial charge in [-0.2, -0.15) is 0 Å². The van der Waals surface area contributed by atoms with Crippen molar-refractivity contribution in [1.29, 1.82) is 0 Å². The van der Waals surface area contributed by atoms with Gasteiger partial charge in [-0.15, -0.1) is 34.4 Å². The third-order valence-corrected chi connectivity index (χ3v) is 6.20. The Balaban J connectivity index is 1.50. The lowest BCUT2D eigenvalue weighted by molar-refractivity contribution is -0.129. The third kappa shape index (κ3) is 6.23. The first-order valence-electron chi connectivity index (χ1n) is 8.23. The molecule has 3 heterocycles. The number of carbonyl (C=O) groups is 2. The van der Waals surface area contributed by atoms with Crippen LogP contribution in [0, 0.1) is 6.92 Å². The van der Waals surface area contributed by atoms with E-state index in [2.05, 4.69) is 10.5 Å². The van der Waals surface area contributed by atoms with Crippen molar-refractivity contribution in [2.75, 3.05) is 16.8 Å². The van der Waals surface area contributed by atoms with Crippen LogP contribution in [0.4, 0.5) is 5.82 Å². The van der Waals surface area contributed by atoms with Gasteiger partial charge in [-0.25, -0.2) is 0 Å². The highest BCUT2D eigenvalue weighted by Crippen LogP contribution is 2.18. The van der Waals surface area contributed by atoms with Gasteiger partial charge < -0.3 is 14.7 Å². The molecule has 3 aromatic rings. The average molecular weight is 422 g/mol. The van der Waals surface area contributed by atoms with Crippen LogP contribution in [0.25, 0.3) is 0 Å². The molecule has 0 aromatic carbocycles. The van der Waals surface area contributed by atoms with E-state index in [0.29, 0.717) is 24.7 Å². The Labute approximate surface area is 169 Å². The zero-order valence-electron chi connectivity index (χ0n) is 14.7. The summed E-state index contributed by atoms with van der Waals surface area (Å²) < 4.78 is 4.91. The molecule has 0 radical (unpaired) electrons. The molecular weight excluding hydrogens is 402 g/mol. The molecular formula is C18H19N3O3S3. The van der Waals surface area contributed by atoms with Gasteiger partial charge in [0.2, 0.25) is 11.8 Å². The molecule has 1 N–H and O–H groups in total. The van der Waals surface area contributed by atoms with Gasteiger partial charge in [-0.1, -0.05) is 17.3 Å². The molecule has 0 spiro atoms. The van der Waals surface area contributed by atoms with Crippen LogP contribution in [0.3, 0.4) is 0 Å². The second-order valence-electron chi connectivity index (χ2n) is 5.77. The molecule has 0 aliphatic heterocycles. The summed E-state index contributed by atoms with van der Waals surface area (Å²) in [6.45, 7) is 2.92. The fourth-order valence-electron chi connectivity index (χ4n) is 2.34. The fraction of sp³-hybridized carbons (Fsp3) is 0.278. The molecule has 2 amide bonds. The number of aromatic nitrogens is 1. The molecule has 142 valence electrons. The second kappa shape index (κ2) is 9.72. The number of amides is 2. The summed E-state index contributed by atoms with van der Waals surface area (Å²) in [5.74, 6) is 1.27. The van der Waals surface area contributed by atoms with E-state index in [1.54, 1.807) is 35.7 Å². The average Bonchev–Trinajstić information content (AvgIpc) is 3.38. The van der Waals surface area contributed by atoms with Gasteiger partial charge in [0.25, 0.3) is 0 Å². The molecule has 0 aliphatic rings. The molecule has 0 bridgehead atoms. The van der Waals surface area contributed by atoms with Crippen LogP contribution in [0.2, 0.25) is 0 Å². The Kier molecular flexibility index (Phi) is 7.08. The molecule has 0 saturated carbocycles. The van der Waals surface area contributed by atoms with Crippen LogP contribution in [0.5, 0.6) is 0 Å². The van der Waals surface area contributed by atoms with Crippen molar-refractivity contribution in [2.45, 2.75) is 20.0 Å². The largest absolute Gasteiger partial charge is 0.360 e. The van der Waals surface area contributed by atoms with E-state index < -0.39 is 0 Å². The van der Waals surface area contributed by atoms with E-state index in [-0.39, 0.29) is 23.3 Å². The Morgan fingerprint density at radius 1 is 1.15 bits per heavy atom. The minimum Gasteiger partial charge on any atom is -0.360 e. The van der Waals surface area contributed by atoms with Crippen LogP contribution in [0.15, 0.2) is 45.6 Å². The Morgan fingerprint density at radius 3 is 2.33 bits per heavy atom. The molecule has 6 nitrogen and oxygen atoms in total. The maximum absolute atomic E-state index is 12.7. The number of rotatable bonds is 9. The lowest BCUT2D eigenvalue weighted by atomic mass is 10.3. The minimum atomic E-state index is -0.204. The van der Waals surface area contributed by atoms with Crippen molar-refractivity contribution in [3.63, 3.8) is 0 Å². The number of anilines is 1. The van der Waals surface area contributed by atoms with Crippen molar-refractivity contribution < 1.29 is 14.1 Å². The maximum atomic E-state index is 12.7. The van der Waals surface area contributed by atoms with Gasteiger partial charge in [0.05, 0.1) is 24.6 Å². The molecule has 0 fully saturated rings. The van der Waals surface area contributed by atoms with Crippen molar-refractivity contribution in [2.24, 2.45) is 0 Å². The lowest BCUT2D eigenvalue weighted by Crippen LogP contribution is -2.31. The quantitative estimate of drug-likeness (QED) is 0.565. The zero-order valence-corrected chi connectivity index (χ0v) is 17.2. The van der Waals surface area contributed by atoms with Gasteiger partial charge in [0.15, 0.2) is 5.82 Å². The highest BCUT2D eigenvalue weighted by atomic mass is 32.2. The number of aryl methyl sites for hydroxylation is 1. The molecule has 0 saturated heterocycles. The highest BCUT2D eigenvalue weighted by Gasteiger charge is 2.17. The lowest BCUT2D eigenvalue weighted by Gasteiger charge is -2.21. The van der Waals surface area contributed by atoms with E-state index in [9.17, 15) is 9.59 Å². The van der Waals surface area contributed by atoms with Crippen molar-refractivity contribution in [3.8, 4) is 0 Å². The standard InChI is InChI=1S/C18H19N3O3S3/c1-13-8-16(20-24-13)19-17(22)11-25-12-18(23)21(9-14-4-2-6-26-14)10-15-5-3-7-27-15/h2-8H,9-12H2,1H3,(H,19,20,22). The molecule has 9 heteroatoms. The van der Waals surface area contributed by atoms with Crippen molar-refractivity contribution in [3.05, 3.63) is 56.6 Å². The highest BCUT2D eigenvalue weighted by molar-refractivity contribution is 8.00. The number of nitrogens with zero attached hydrogens (tertiary/aromatic N) is 2. The Morgan fingerprint density at radius 2 is 1.81 bits per heavy atom. The summed E-state index contributed by atoms with van der Waals surface area (Å²) in [6.07, 6.45) is 0. The molecule has 27 heavy (non-hydrogen) atoms. The Hall–Kier alpha value is -2.10. The van der Waals surface area contributed by atoms with Crippen molar-refractivity contribution >= 4 is 52.1 Å². The summed E-state index contributed by atoms with van der Waals surface area (Å²) in [5.41, 5.74) is 0. The molecule has 0 aliphatic carbocycles. The minimum absolute atomic E-state index is 0.0203. The summed E-state index contributed by atoms with van der Waals surface area (Å²) in [4.78, 5) is 28.8. The van der Waals surface area contributed by atoms with Crippen LogP contribution in [-0.2, 0) is 22.7 Å².